The molecule has 0 heterocycles. The average Bonchev–Trinajstić information content (AvgIpc) is 2.67. The number of amides is 4. The summed E-state index contributed by atoms with van der Waals surface area (Å²) in [5, 5.41) is 16.7. The van der Waals surface area contributed by atoms with Crippen LogP contribution in [0.25, 0.3) is 0 Å². The summed E-state index contributed by atoms with van der Waals surface area (Å²) in [6.07, 6.45) is 0.364. The van der Waals surface area contributed by atoms with Gasteiger partial charge in [-0.15, -0.1) is 0 Å². The van der Waals surface area contributed by atoms with Gasteiger partial charge in [-0.3, -0.25) is 19.2 Å². The number of carboxylic acids is 1. The molecule has 0 spiro atoms. The minimum Gasteiger partial charge on any atom is -0.480 e. The molecular formula is C19H35N5O6S. The molecule has 0 rings (SSSR count). The van der Waals surface area contributed by atoms with E-state index in [2.05, 4.69) is 28.6 Å². The van der Waals surface area contributed by atoms with Gasteiger partial charge in [0.25, 0.3) is 0 Å². The second kappa shape index (κ2) is 13.9. The van der Waals surface area contributed by atoms with Crippen molar-refractivity contribution in [2.75, 3.05) is 5.75 Å². The van der Waals surface area contributed by atoms with E-state index in [4.69, 9.17) is 11.5 Å². The normalized spacial score (nSPS) is 15.8. The predicted molar refractivity (Wildman–Crippen MR) is 118 cm³/mol. The van der Waals surface area contributed by atoms with Gasteiger partial charge in [0, 0.05) is 5.75 Å². The zero-order valence-corrected chi connectivity index (χ0v) is 19.3. The molecule has 0 aliphatic rings. The average molecular weight is 462 g/mol. The maximum atomic E-state index is 12.8. The largest absolute Gasteiger partial charge is 0.480 e. The first-order chi connectivity index (χ1) is 14.3. The van der Waals surface area contributed by atoms with Gasteiger partial charge in [0.1, 0.15) is 18.1 Å². The number of thiol groups is 1. The molecule has 31 heavy (non-hydrogen) atoms. The molecule has 0 aliphatic carbocycles. The lowest BCUT2D eigenvalue weighted by Gasteiger charge is -2.27. The number of nitrogens with two attached hydrogens (primary N) is 2. The van der Waals surface area contributed by atoms with Gasteiger partial charge in [0.2, 0.25) is 23.6 Å². The number of rotatable bonds is 14. The SMILES string of the molecule is CCC(C)C(NC(=O)C(N)CC(N)=O)C(=O)NC(CS)C(=O)NC(CC(C)C)C(=O)O. The summed E-state index contributed by atoms with van der Waals surface area (Å²) in [6.45, 7) is 7.18. The molecule has 0 saturated carbocycles. The maximum absolute atomic E-state index is 12.8. The zero-order chi connectivity index (χ0) is 24.3. The molecule has 5 atom stereocenters. The van der Waals surface area contributed by atoms with E-state index in [0.717, 1.165) is 0 Å². The second-order valence-corrected chi connectivity index (χ2v) is 8.29. The molecule has 11 nitrogen and oxygen atoms in total. The Morgan fingerprint density at radius 3 is 1.90 bits per heavy atom. The monoisotopic (exact) mass is 461 g/mol. The van der Waals surface area contributed by atoms with E-state index in [1.54, 1.807) is 6.92 Å². The van der Waals surface area contributed by atoms with E-state index in [-0.39, 0.29) is 30.4 Å². The Bertz CT molecular complexity index is 660. The van der Waals surface area contributed by atoms with Crippen molar-refractivity contribution in [1.82, 2.24) is 16.0 Å². The quantitative estimate of drug-likeness (QED) is 0.157. The van der Waals surface area contributed by atoms with Crippen LogP contribution in [0, 0.1) is 11.8 Å². The van der Waals surface area contributed by atoms with Crippen LogP contribution in [0.2, 0.25) is 0 Å². The summed E-state index contributed by atoms with van der Waals surface area (Å²) in [5.41, 5.74) is 10.7. The Balaban J connectivity index is 5.30. The van der Waals surface area contributed by atoms with Crippen molar-refractivity contribution in [2.24, 2.45) is 23.3 Å². The Morgan fingerprint density at radius 1 is 0.935 bits per heavy atom. The topological polar surface area (TPSA) is 194 Å². The molecule has 0 saturated heterocycles. The van der Waals surface area contributed by atoms with Crippen LogP contribution in [0.15, 0.2) is 0 Å². The third-order valence-corrected chi connectivity index (χ3v) is 5.05. The summed E-state index contributed by atoms with van der Waals surface area (Å²) in [4.78, 5) is 59.9. The molecule has 0 radical (unpaired) electrons. The fourth-order valence-electron chi connectivity index (χ4n) is 2.69. The van der Waals surface area contributed by atoms with Gasteiger partial charge in [-0.2, -0.15) is 12.6 Å². The van der Waals surface area contributed by atoms with Crippen molar-refractivity contribution in [3.63, 3.8) is 0 Å². The third-order valence-electron chi connectivity index (χ3n) is 4.69. The van der Waals surface area contributed by atoms with Gasteiger partial charge < -0.3 is 32.5 Å². The standard InChI is InChI=1S/C19H35N5O6S/c1-5-10(4)15(24-16(26)11(20)7-14(21)25)18(28)23-13(8-31)17(27)22-12(19(29)30)6-9(2)3/h9-13,15,31H,5-8,20H2,1-4H3,(H2,21,25)(H,22,27)(H,23,28)(H,24,26)(H,29,30). The second-order valence-electron chi connectivity index (χ2n) is 7.92. The van der Waals surface area contributed by atoms with Gasteiger partial charge in [-0.05, 0) is 18.3 Å². The van der Waals surface area contributed by atoms with Crippen molar-refractivity contribution in [3.05, 3.63) is 0 Å². The number of aliphatic carboxylic acids is 1. The molecule has 0 aliphatic heterocycles. The lowest BCUT2D eigenvalue weighted by Crippen LogP contribution is -2.59. The highest BCUT2D eigenvalue weighted by molar-refractivity contribution is 7.80. The van der Waals surface area contributed by atoms with E-state index in [9.17, 15) is 29.1 Å². The van der Waals surface area contributed by atoms with Crippen LogP contribution in [0.5, 0.6) is 0 Å². The van der Waals surface area contributed by atoms with Gasteiger partial charge in [-0.25, -0.2) is 4.79 Å². The van der Waals surface area contributed by atoms with Crippen molar-refractivity contribution in [2.45, 2.75) is 71.1 Å². The predicted octanol–water partition coefficient (Wildman–Crippen LogP) is -1.25. The highest BCUT2D eigenvalue weighted by Gasteiger charge is 2.32. The molecule has 12 heteroatoms. The molecule has 5 unspecified atom stereocenters. The Labute approximate surface area is 187 Å². The minimum atomic E-state index is -1.21. The number of hydrogen-bond acceptors (Lipinski definition) is 7. The van der Waals surface area contributed by atoms with E-state index < -0.39 is 53.8 Å². The minimum absolute atomic E-state index is 0.0278. The molecule has 178 valence electrons. The molecule has 8 N–H and O–H groups in total. The Hall–Kier alpha value is -2.34. The van der Waals surface area contributed by atoms with Crippen LogP contribution < -0.4 is 27.4 Å². The number of carboxylic acid groups (broad SMARTS) is 1. The molecular weight excluding hydrogens is 426 g/mol. The van der Waals surface area contributed by atoms with E-state index in [1.807, 2.05) is 20.8 Å². The summed E-state index contributed by atoms with van der Waals surface area (Å²) in [6, 6.07) is -4.47. The lowest BCUT2D eigenvalue weighted by molar-refractivity contribution is -0.142. The number of nitrogens with one attached hydrogen (secondary N) is 3. The number of primary amides is 1. The molecule has 0 aromatic carbocycles. The Morgan fingerprint density at radius 2 is 1.48 bits per heavy atom. The molecule has 0 aromatic rings. The Kier molecular flexibility index (Phi) is 12.8. The van der Waals surface area contributed by atoms with Crippen molar-refractivity contribution < 1.29 is 29.1 Å². The van der Waals surface area contributed by atoms with E-state index in [0.29, 0.717) is 6.42 Å². The molecule has 0 bridgehead atoms. The summed E-state index contributed by atoms with van der Waals surface area (Å²) >= 11 is 4.08. The summed E-state index contributed by atoms with van der Waals surface area (Å²) in [7, 11) is 0. The highest BCUT2D eigenvalue weighted by Crippen LogP contribution is 2.10. The molecule has 0 aromatic heterocycles. The van der Waals surface area contributed by atoms with Crippen molar-refractivity contribution in [1.29, 1.82) is 0 Å². The summed E-state index contributed by atoms with van der Waals surface area (Å²) in [5.74, 6) is -4.40. The van der Waals surface area contributed by atoms with Crippen LogP contribution in [0.3, 0.4) is 0 Å². The first-order valence-electron chi connectivity index (χ1n) is 10.1. The number of carbonyl (C=O) groups is 5. The first kappa shape index (κ1) is 28.7. The van der Waals surface area contributed by atoms with Crippen molar-refractivity contribution >= 4 is 42.2 Å². The van der Waals surface area contributed by atoms with Gasteiger partial charge >= 0.3 is 5.97 Å². The number of hydrogen-bond donors (Lipinski definition) is 7. The third kappa shape index (κ3) is 10.5. The van der Waals surface area contributed by atoms with Crippen LogP contribution in [0.4, 0.5) is 0 Å². The van der Waals surface area contributed by atoms with E-state index in [1.165, 1.54) is 0 Å². The van der Waals surface area contributed by atoms with Crippen molar-refractivity contribution in [3.8, 4) is 0 Å². The molecule has 4 amide bonds. The van der Waals surface area contributed by atoms with Gasteiger partial charge in [0.05, 0.1) is 12.5 Å². The van der Waals surface area contributed by atoms with Crippen LogP contribution >= 0.6 is 12.6 Å². The summed E-state index contributed by atoms with van der Waals surface area (Å²) < 4.78 is 0. The van der Waals surface area contributed by atoms with Gasteiger partial charge in [-0.1, -0.05) is 34.1 Å². The van der Waals surface area contributed by atoms with Gasteiger partial charge in [0.15, 0.2) is 0 Å². The zero-order valence-electron chi connectivity index (χ0n) is 18.4. The van der Waals surface area contributed by atoms with E-state index >= 15 is 0 Å². The fraction of sp³-hybridized carbons (Fsp3) is 0.737. The highest BCUT2D eigenvalue weighted by atomic mass is 32.1. The smallest absolute Gasteiger partial charge is 0.326 e. The fourth-order valence-corrected chi connectivity index (χ4v) is 2.95. The maximum Gasteiger partial charge on any atom is 0.326 e. The number of carbonyl (C=O) groups excluding carboxylic acids is 4. The van der Waals surface area contributed by atoms with Crippen LogP contribution in [-0.4, -0.2) is 64.6 Å². The molecule has 0 fully saturated rings. The lowest BCUT2D eigenvalue weighted by atomic mass is 9.97. The van der Waals surface area contributed by atoms with Crippen LogP contribution in [0.1, 0.15) is 47.0 Å². The first-order valence-corrected chi connectivity index (χ1v) is 10.8. The van der Waals surface area contributed by atoms with Crippen LogP contribution in [-0.2, 0) is 24.0 Å².